The molecular weight excluding hydrogens is 226 g/mol. The van der Waals surface area contributed by atoms with Crippen molar-refractivity contribution in [2.75, 3.05) is 13.4 Å². The number of nitrogens with two attached hydrogens (primary N) is 1. The van der Waals surface area contributed by atoms with Gasteiger partial charge in [0.25, 0.3) is 0 Å². The molecule has 0 spiro atoms. The quantitative estimate of drug-likeness (QED) is 0.508. The topological polar surface area (TPSA) is 44.5 Å². The number of rotatable bonds is 4. The van der Waals surface area contributed by atoms with Crippen LogP contribution in [0.25, 0.3) is 11.1 Å². The second kappa shape index (κ2) is 4.90. The standard InChI is InChI=1S/C15H15NO2/c16-18-10-17-9-15-13-7-3-1-5-11(13)12-6-2-4-8-14(12)15/h1-8,15H,9-10,16H2. The molecule has 2 aromatic rings. The van der Waals surface area contributed by atoms with Gasteiger partial charge in [-0.1, -0.05) is 48.5 Å². The van der Waals surface area contributed by atoms with E-state index >= 15 is 0 Å². The predicted octanol–water partition coefficient (Wildman–Crippen LogP) is 2.66. The van der Waals surface area contributed by atoms with Crippen LogP contribution in [0.2, 0.25) is 0 Å². The minimum Gasteiger partial charge on any atom is -0.353 e. The maximum Gasteiger partial charge on any atom is 0.166 e. The Hall–Kier alpha value is -1.68. The Morgan fingerprint density at radius 3 is 2.00 bits per heavy atom. The third-order valence-corrected chi connectivity index (χ3v) is 3.40. The van der Waals surface area contributed by atoms with Gasteiger partial charge >= 0.3 is 0 Å². The zero-order valence-corrected chi connectivity index (χ0v) is 10.0. The van der Waals surface area contributed by atoms with E-state index in [4.69, 9.17) is 10.6 Å². The SMILES string of the molecule is NOCOCC1c2ccccc2-c2ccccc21. The highest BCUT2D eigenvalue weighted by Crippen LogP contribution is 2.44. The lowest BCUT2D eigenvalue weighted by Gasteiger charge is -2.13. The first kappa shape index (κ1) is 11.4. The summed E-state index contributed by atoms with van der Waals surface area (Å²) in [5.74, 6) is 5.25. The summed E-state index contributed by atoms with van der Waals surface area (Å²) in [4.78, 5) is 4.46. The number of benzene rings is 2. The van der Waals surface area contributed by atoms with E-state index in [1.165, 1.54) is 22.3 Å². The van der Waals surface area contributed by atoms with Crippen molar-refractivity contribution in [3.63, 3.8) is 0 Å². The fourth-order valence-electron chi connectivity index (χ4n) is 2.65. The van der Waals surface area contributed by atoms with Crippen LogP contribution in [-0.4, -0.2) is 13.4 Å². The van der Waals surface area contributed by atoms with E-state index in [2.05, 4.69) is 53.4 Å². The summed E-state index contributed by atoms with van der Waals surface area (Å²) in [6.45, 7) is 0.714. The van der Waals surface area contributed by atoms with Crippen LogP contribution in [0.4, 0.5) is 0 Å². The van der Waals surface area contributed by atoms with Gasteiger partial charge in [0.1, 0.15) is 0 Å². The molecule has 0 saturated carbocycles. The van der Waals surface area contributed by atoms with E-state index in [1.807, 2.05) is 0 Å². The molecule has 0 saturated heterocycles. The zero-order chi connectivity index (χ0) is 12.4. The molecule has 0 atom stereocenters. The van der Waals surface area contributed by atoms with Crippen molar-refractivity contribution in [1.29, 1.82) is 0 Å². The minimum absolute atomic E-state index is 0.126. The lowest BCUT2D eigenvalue weighted by Crippen LogP contribution is -2.11. The molecule has 0 unspecified atom stereocenters. The summed E-state index contributed by atoms with van der Waals surface area (Å²) < 4.78 is 5.43. The van der Waals surface area contributed by atoms with Crippen molar-refractivity contribution >= 4 is 0 Å². The van der Waals surface area contributed by atoms with Crippen LogP contribution in [0.15, 0.2) is 48.5 Å². The molecule has 3 rings (SSSR count). The monoisotopic (exact) mass is 241 g/mol. The highest BCUT2D eigenvalue weighted by atomic mass is 16.7. The van der Waals surface area contributed by atoms with Crippen molar-refractivity contribution in [3.05, 3.63) is 59.7 Å². The first-order valence-electron chi connectivity index (χ1n) is 5.99. The van der Waals surface area contributed by atoms with Gasteiger partial charge in [-0.05, 0) is 22.3 Å². The van der Waals surface area contributed by atoms with Gasteiger partial charge in [0, 0.05) is 5.92 Å². The molecular formula is C15H15NO2. The summed E-state index contributed by atoms with van der Waals surface area (Å²) in [6, 6.07) is 16.9. The number of hydrogen-bond acceptors (Lipinski definition) is 3. The van der Waals surface area contributed by atoms with Crippen LogP contribution in [-0.2, 0) is 9.57 Å². The Morgan fingerprint density at radius 2 is 1.44 bits per heavy atom. The molecule has 0 heterocycles. The zero-order valence-electron chi connectivity index (χ0n) is 10.0. The molecule has 0 fully saturated rings. The number of fused-ring (bicyclic) bond motifs is 3. The van der Waals surface area contributed by atoms with Gasteiger partial charge in [0.05, 0.1) is 6.61 Å². The summed E-state index contributed by atoms with van der Waals surface area (Å²) in [5.41, 5.74) is 5.23. The summed E-state index contributed by atoms with van der Waals surface area (Å²) in [7, 11) is 0. The van der Waals surface area contributed by atoms with E-state index in [9.17, 15) is 0 Å². The van der Waals surface area contributed by atoms with Crippen LogP contribution in [0.5, 0.6) is 0 Å². The van der Waals surface area contributed by atoms with Crippen LogP contribution in [0.1, 0.15) is 17.0 Å². The third-order valence-electron chi connectivity index (χ3n) is 3.40. The van der Waals surface area contributed by atoms with Crippen molar-refractivity contribution in [1.82, 2.24) is 0 Å². The Balaban J connectivity index is 1.98. The molecule has 2 N–H and O–H groups in total. The first-order valence-corrected chi connectivity index (χ1v) is 5.99. The van der Waals surface area contributed by atoms with Gasteiger partial charge in [-0.2, -0.15) is 0 Å². The molecule has 0 amide bonds. The molecule has 2 aromatic carbocycles. The second-order valence-corrected chi connectivity index (χ2v) is 4.38. The summed E-state index contributed by atoms with van der Waals surface area (Å²) in [6.07, 6.45) is 0. The molecule has 0 radical (unpaired) electrons. The minimum atomic E-state index is 0.126. The van der Waals surface area contributed by atoms with Gasteiger partial charge in [-0.15, -0.1) is 0 Å². The Bertz CT molecular complexity index is 508. The molecule has 92 valence electrons. The Morgan fingerprint density at radius 1 is 0.889 bits per heavy atom. The van der Waals surface area contributed by atoms with E-state index in [0.29, 0.717) is 6.61 Å². The molecule has 0 bridgehead atoms. The summed E-state index contributed by atoms with van der Waals surface area (Å²) >= 11 is 0. The van der Waals surface area contributed by atoms with Gasteiger partial charge < -0.3 is 4.74 Å². The van der Waals surface area contributed by atoms with Crippen molar-refractivity contribution < 1.29 is 9.57 Å². The fourth-order valence-corrected chi connectivity index (χ4v) is 2.65. The fraction of sp³-hybridized carbons (Fsp3) is 0.200. The third kappa shape index (κ3) is 1.82. The highest BCUT2D eigenvalue weighted by Gasteiger charge is 2.27. The lowest BCUT2D eigenvalue weighted by atomic mass is 9.98. The van der Waals surface area contributed by atoms with Crippen molar-refractivity contribution in [3.8, 4) is 11.1 Å². The second-order valence-electron chi connectivity index (χ2n) is 4.38. The predicted molar refractivity (Wildman–Crippen MR) is 69.8 cm³/mol. The van der Waals surface area contributed by atoms with Crippen molar-refractivity contribution in [2.45, 2.75) is 5.92 Å². The molecule has 3 nitrogen and oxygen atoms in total. The van der Waals surface area contributed by atoms with Crippen LogP contribution >= 0.6 is 0 Å². The van der Waals surface area contributed by atoms with E-state index in [0.717, 1.165) is 0 Å². The molecule has 1 aliphatic rings. The number of ether oxygens (including phenoxy) is 1. The summed E-state index contributed by atoms with van der Waals surface area (Å²) in [5, 5.41) is 0. The maximum absolute atomic E-state index is 5.43. The van der Waals surface area contributed by atoms with Gasteiger partial charge in [-0.3, -0.25) is 4.84 Å². The maximum atomic E-state index is 5.43. The van der Waals surface area contributed by atoms with E-state index in [1.54, 1.807) is 0 Å². The van der Waals surface area contributed by atoms with Gasteiger partial charge in [-0.25, -0.2) is 5.90 Å². The van der Waals surface area contributed by atoms with Crippen molar-refractivity contribution in [2.24, 2.45) is 5.90 Å². The Kier molecular flexibility index (Phi) is 3.11. The molecule has 3 heteroatoms. The lowest BCUT2D eigenvalue weighted by molar-refractivity contribution is -0.0572. The van der Waals surface area contributed by atoms with E-state index < -0.39 is 0 Å². The van der Waals surface area contributed by atoms with Crippen LogP contribution in [0.3, 0.4) is 0 Å². The molecule has 18 heavy (non-hydrogen) atoms. The number of hydrogen-bond donors (Lipinski definition) is 1. The molecule has 0 aliphatic heterocycles. The molecule has 1 aliphatic carbocycles. The molecule has 0 aromatic heterocycles. The van der Waals surface area contributed by atoms with Crippen LogP contribution in [0, 0.1) is 0 Å². The average Bonchev–Trinajstić information content (AvgIpc) is 2.74. The van der Waals surface area contributed by atoms with E-state index in [-0.39, 0.29) is 12.7 Å². The van der Waals surface area contributed by atoms with Gasteiger partial charge in [0.2, 0.25) is 0 Å². The largest absolute Gasteiger partial charge is 0.353 e. The average molecular weight is 241 g/mol. The first-order chi connectivity index (χ1) is 8.92. The normalized spacial score (nSPS) is 13.4. The smallest absolute Gasteiger partial charge is 0.166 e. The van der Waals surface area contributed by atoms with Gasteiger partial charge in [0.15, 0.2) is 6.79 Å². The Labute approximate surface area is 106 Å². The highest BCUT2D eigenvalue weighted by molar-refractivity contribution is 5.78. The van der Waals surface area contributed by atoms with Crippen LogP contribution < -0.4 is 5.90 Å².